The number of benzene rings is 1. The van der Waals surface area contributed by atoms with E-state index in [1.54, 1.807) is 6.20 Å². The molecule has 0 aliphatic carbocycles. The summed E-state index contributed by atoms with van der Waals surface area (Å²) in [6.07, 6.45) is 1.75. The molecule has 0 bridgehead atoms. The molecular weight excluding hydrogens is 350 g/mol. The van der Waals surface area contributed by atoms with Crippen molar-refractivity contribution < 1.29 is 28.4 Å². The zero-order valence-electron chi connectivity index (χ0n) is 15.7. The van der Waals surface area contributed by atoms with Crippen LogP contribution in [0.5, 0.6) is 5.75 Å². The van der Waals surface area contributed by atoms with Gasteiger partial charge in [-0.3, -0.25) is 4.98 Å². The molecule has 1 aliphatic rings. The largest absolute Gasteiger partial charge is 0.458 e. The van der Waals surface area contributed by atoms with E-state index >= 15 is 0 Å². The minimum atomic E-state index is -0.966. The maximum Gasteiger partial charge on any atom is 0.231 e. The summed E-state index contributed by atoms with van der Waals surface area (Å²) in [6.45, 7) is 6.04. The van der Waals surface area contributed by atoms with Crippen molar-refractivity contribution in [3.8, 4) is 5.75 Å². The van der Waals surface area contributed by atoms with Crippen LogP contribution in [-0.2, 0) is 23.7 Å². The Hall–Kier alpha value is -1.77. The van der Waals surface area contributed by atoms with Crippen LogP contribution in [0.2, 0.25) is 0 Å². The molecule has 7 nitrogen and oxygen atoms in total. The smallest absolute Gasteiger partial charge is 0.231 e. The van der Waals surface area contributed by atoms with Crippen LogP contribution in [0.1, 0.15) is 6.92 Å². The maximum absolute atomic E-state index is 6.21. The van der Waals surface area contributed by atoms with Gasteiger partial charge in [-0.25, -0.2) is 0 Å². The number of ether oxygens (including phenoxy) is 6. The lowest BCUT2D eigenvalue weighted by atomic mass is 10.2. The Bertz CT molecular complexity index is 674. The van der Waals surface area contributed by atoms with Crippen molar-refractivity contribution in [2.24, 2.45) is 0 Å². The van der Waals surface area contributed by atoms with E-state index in [2.05, 4.69) is 4.98 Å². The Balaban J connectivity index is 1.68. The molecule has 1 saturated heterocycles. The standard InChI is InChI=1S/C20H27NO6/c1-20(27-18-6-2-4-17-5-3-7-21-19(17)18)16-25-13-12-23-9-8-22-10-11-24-14-15-26-20/h2-7H,8-16H2,1H3. The lowest BCUT2D eigenvalue weighted by Crippen LogP contribution is -2.42. The van der Waals surface area contributed by atoms with Gasteiger partial charge in [0.25, 0.3) is 0 Å². The van der Waals surface area contributed by atoms with Gasteiger partial charge in [0.1, 0.15) is 17.9 Å². The second-order valence-corrected chi connectivity index (χ2v) is 6.31. The van der Waals surface area contributed by atoms with Crippen molar-refractivity contribution in [2.45, 2.75) is 12.7 Å². The van der Waals surface area contributed by atoms with Gasteiger partial charge < -0.3 is 28.4 Å². The highest BCUT2D eigenvalue weighted by molar-refractivity contribution is 5.84. The molecule has 0 radical (unpaired) electrons. The number of pyridine rings is 1. The predicted octanol–water partition coefficient (Wildman–Crippen LogP) is 2.43. The Morgan fingerprint density at radius 3 is 2.19 bits per heavy atom. The Morgan fingerprint density at radius 1 is 0.815 bits per heavy atom. The van der Waals surface area contributed by atoms with Crippen LogP contribution in [0.15, 0.2) is 36.5 Å². The fraction of sp³-hybridized carbons (Fsp3) is 0.550. The van der Waals surface area contributed by atoms with Crippen LogP contribution >= 0.6 is 0 Å². The van der Waals surface area contributed by atoms with Gasteiger partial charge in [0.2, 0.25) is 5.79 Å². The molecule has 0 spiro atoms. The van der Waals surface area contributed by atoms with Gasteiger partial charge in [-0.2, -0.15) is 0 Å². The van der Waals surface area contributed by atoms with E-state index in [0.29, 0.717) is 58.6 Å². The maximum atomic E-state index is 6.21. The third kappa shape index (κ3) is 6.41. The molecule has 7 heteroatoms. The summed E-state index contributed by atoms with van der Waals surface area (Å²) in [5.41, 5.74) is 0.789. The quantitative estimate of drug-likeness (QED) is 0.796. The minimum absolute atomic E-state index is 0.260. The van der Waals surface area contributed by atoms with Crippen LogP contribution in [0, 0.1) is 0 Å². The van der Waals surface area contributed by atoms with Crippen molar-refractivity contribution in [1.82, 2.24) is 4.98 Å². The van der Waals surface area contributed by atoms with Gasteiger partial charge in [0.05, 0.1) is 52.9 Å². The highest BCUT2D eigenvalue weighted by Crippen LogP contribution is 2.27. The highest BCUT2D eigenvalue weighted by atomic mass is 16.7. The summed E-state index contributed by atoms with van der Waals surface area (Å²) in [6, 6.07) is 9.72. The SMILES string of the molecule is CC1(Oc2cccc3cccnc23)COCCOCCOCCOCCO1. The molecule has 1 unspecified atom stereocenters. The van der Waals surface area contributed by atoms with Gasteiger partial charge in [-0.15, -0.1) is 0 Å². The van der Waals surface area contributed by atoms with Gasteiger partial charge in [0, 0.05) is 18.5 Å². The molecule has 27 heavy (non-hydrogen) atoms. The third-order valence-corrected chi connectivity index (χ3v) is 4.04. The van der Waals surface area contributed by atoms with E-state index < -0.39 is 5.79 Å². The number of nitrogens with zero attached hydrogens (tertiary/aromatic N) is 1. The van der Waals surface area contributed by atoms with E-state index in [9.17, 15) is 0 Å². The average Bonchev–Trinajstić information content (AvgIpc) is 2.69. The van der Waals surface area contributed by atoms with Crippen LogP contribution in [0.3, 0.4) is 0 Å². The minimum Gasteiger partial charge on any atom is -0.458 e. The fourth-order valence-corrected chi connectivity index (χ4v) is 2.73. The molecule has 1 aliphatic heterocycles. The van der Waals surface area contributed by atoms with Crippen molar-refractivity contribution in [3.63, 3.8) is 0 Å². The highest BCUT2D eigenvalue weighted by Gasteiger charge is 2.29. The zero-order chi connectivity index (χ0) is 18.8. The summed E-state index contributed by atoms with van der Waals surface area (Å²) >= 11 is 0. The molecule has 0 amide bonds. The summed E-state index contributed by atoms with van der Waals surface area (Å²) in [5, 5.41) is 1.01. The first-order valence-electron chi connectivity index (χ1n) is 9.25. The van der Waals surface area contributed by atoms with Crippen molar-refractivity contribution in [3.05, 3.63) is 36.5 Å². The molecule has 1 atom stereocenters. The second-order valence-electron chi connectivity index (χ2n) is 6.31. The van der Waals surface area contributed by atoms with E-state index in [-0.39, 0.29) is 6.61 Å². The fourth-order valence-electron chi connectivity index (χ4n) is 2.73. The Morgan fingerprint density at radius 2 is 1.44 bits per heavy atom. The van der Waals surface area contributed by atoms with Crippen LogP contribution in [-0.4, -0.2) is 70.2 Å². The van der Waals surface area contributed by atoms with Gasteiger partial charge in [-0.05, 0) is 12.1 Å². The lowest BCUT2D eigenvalue weighted by molar-refractivity contribution is -0.208. The molecular formula is C20H27NO6. The number of hydrogen-bond acceptors (Lipinski definition) is 7. The van der Waals surface area contributed by atoms with Gasteiger partial charge in [-0.1, -0.05) is 18.2 Å². The molecule has 3 rings (SSSR count). The summed E-state index contributed by atoms with van der Waals surface area (Å²) < 4.78 is 34.3. The normalized spacial score (nSPS) is 24.0. The van der Waals surface area contributed by atoms with E-state index in [4.69, 9.17) is 28.4 Å². The summed E-state index contributed by atoms with van der Waals surface area (Å²) in [7, 11) is 0. The number of hydrogen-bond donors (Lipinski definition) is 0. The zero-order valence-corrected chi connectivity index (χ0v) is 15.7. The number of para-hydroxylation sites is 1. The van der Waals surface area contributed by atoms with Crippen LogP contribution < -0.4 is 4.74 Å². The lowest BCUT2D eigenvalue weighted by Gasteiger charge is -2.30. The summed E-state index contributed by atoms with van der Waals surface area (Å²) in [5.74, 6) is -0.311. The molecule has 1 fully saturated rings. The molecule has 0 N–H and O–H groups in total. The predicted molar refractivity (Wildman–Crippen MR) is 100 cm³/mol. The first-order chi connectivity index (χ1) is 13.3. The van der Waals surface area contributed by atoms with Gasteiger partial charge >= 0.3 is 0 Å². The topological polar surface area (TPSA) is 68.3 Å². The summed E-state index contributed by atoms with van der Waals surface area (Å²) in [4.78, 5) is 4.43. The molecule has 2 heterocycles. The molecule has 148 valence electrons. The molecule has 0 saturated carbocycles. The first-order valence-corrected chi connectivity index (χ1v) is 9.25. The van der Waals surface area contributed by atoms with E-state index in [1.807, 2.05) is 37.3 Å². The van der Waals surface area contributed by atoms with Crippen molar-refractivity contribution in [1.29, 1.82) is 0 Å². The molecule has 2 aromatic rings. The van der Waals surface area contributed by atoms with Crippen molar-refractivity contribution in [2.75, 3.05) is 59.5 Å². The first kappa shape index (κ1) is 20.0. The molecule has 1 aromatic heterocycles. The number of rotatable bonds is 2. The number of aromatic nitrogens is 1. The Labute approximate surface area is 159 Å². The number of fused-ring (bicyclic) bond motifs is 1. The average molecular weight is 377 g/mol. The second kappa shape index (κ2) is 10.5. The van der Waals surface area contributed by atoms with E-state index in [0.717, 1.165) is 10.9 Å². The van der Waals surface area contributed by atoms with E-state index in [1.165, 1.54) is 0 Å². The van der Waals surface area contributed by atoms with Gasteiger partial charge in [0.15, 0.2) is 0 Å². The third-order valence-electron chi connectivity index (χ3n) is 4.04. The van der Waals surface area contributed by atoms with Crippen molar-refractivity contribution >= 4 is 10.9 Å². The van der Waals surface area contributed by atoms with Crippen LogP contribution in [0.4, 0.5) is 0 Å². The molecule has 1 aromatic carbocycles. The van der Waals surface area contributed by atoms with Crippen LogP contribution in [0.25, 0.3) is 10.9 Å². The monoisotopic (exact) mass is 377 g/mol. The Kier molecular flexibility index (Phi) is 7.79.